The van der Waals surface area contributed by atoms with Crippen LogP contribution in [0.3, 0.4) is 0 Å². The summed E-state index contributed by atoms with van der Waals surface area (Å²) in [5.41, 5.74) is 4.19. The Morgan fingerprint density at radius 1 is 0.923 bits per heavy atom. The van der Waals surface area contributed by atoms with Crippen LogP contribution in [0.1, 0.15) is 21.6 Å². The smallest absolute Gasteiger partial charge is 0.419 e. The first-order valence-corrected chi connectivity index (χ1v) is 12.0. The lowest BCUT2D eigenvalue weighted by Gasteiger charge is -2.24. The van der Waals surface area contributed by atoms with E-state index in [0.29, 0.717) is 17.5 Å². The molecule has 0 radical (unpaired) electrons. The van der Waals surface area contributed by atoms with Gasteiger partial charge in [-0.3, -0.25) is 0 Å². The minimum Gasteiger partial charge on any atom is -0.476 e. The number of halogens is 3. The number of aromatic nitrogens is 2. The maximum absolute atomic E-state index is 13.6. The molecule has 1 atom stereocenters. The van der Waals surface area contributed by atoms with E-state index in [1.54, 1.807) is 30.3 Å². The van der Waals surface area contributed by atoms with Gasteiger partial charge in [0.1, 0.15) is 5.57 Å². The van der Waals surface area contributed by atoms with Crippen LogP contribution in [0.15, 0.2) is 96.8 Å². The summed E-state index contributed by atoms with van der Waals surface area (Å²) >= 11 is 0. The minimum atomic E-state index is -4.74. The molecule has 2 aliphatic rings. The zero-order valence-electron chi connectivity index (χ0n) is 20.1. The second kappa shape index (κ2) is 9.43. The van der Waals surface area contributed by atoms with Gasteiger partial charge in [0.2, 0.25) is 0 Å². The second-order valence-corrected chi connectivity index (χ2v) is 8.95. The van der Waals surface area contributed by atoms with Crippen molar-refractivity contribution in [1.29, 1.82) is 0 Å². The van der Waals surface area contributed by atoms with Gasteiger partial charge in [-0.1, -0.05) is 72.8 Å². The Hall–Kier alpha value is -4.92. The molecule has 6 rings (SSSR count). The third kappa shape index (κ3) is 4.41. The number of benzene rings is 3. The molecule has 194 valence electrons. The molecule has 6 nitrogen and oxygen atoms in total. The van der Waals surface area contributed by atoms with Crippen molar-refractivity contribution < 1.29 is 32.5 Å². The second-order valence-electron chi connectivity index (χ2n) is 8.95. The fourth-order valence-electron chi connectivity index (χ4n) is 4.93. The number of aromatic carboxylic acids is 1. The van der Waals surface area contributed by atoms with E-state index in [-0.39, 0.29) is 11.3 Å². The van der Waals surface area contributed by atoms with Crippen molar-refractivity contribution in [3.63, 3.8) is 0 Å². The van der Waals surface area contributed by atoms with Gasteiger partial charge >= 0.3 is 18.2 Å². The van der Waals surface area contributed by atoms with Gasteiger partial charge in [0, 0.05) is 11.1 Å². The highest BCUT2D eigenvalue weighted by Gasteiger charge is 2.42. The molecule has 0 bridgehead atoms. The molecule has 4 aromatic rings. The largest absolute Gasteiger partial charge is 0.476 e. The van der Waals surface area contributed by atoms with Crippen LogP contribution in [0.5, 0.6) is 6.01 Å². The molecule has 39 heavy (non-hydrogen) atoms. The van der Waals surface area contributed by atoms with Crippen LogP contribution in [0.2, 0.25) is 0 Å². The van der Waals surface area contributed by atoms with E-state index in [0.717, 1.165) is 40.7 Å². The molecule has 1 unspecified atom stereocenters. The van der Waals surface area contributed by atoms with Gasteiger partial charge in [0.25, 0.3) is 6.29 Å². The van der Waals surface area contributed by atoms with E-state index in [9.17, 15) is 23.1 Å². The summed E-state index contributed by atoms with van der Waals surface area (Å²) in [4.78, 5) is 21.1. The summed E-state index contributed by atoms with van der Waals surface area (Å²) in [7, 11) is 0. The van der Waals surface area contributed by atoms with Gasteiger partial charge in [-0.2, -0.15) is 23.1 Å². The maximum Gasteiger partial charge on any atom is 0.419 e. The van der Waals surface area contributed by atoms with Crippen LogP contribution >= 0.6 is 0 Å². The van der Waals surface area contributed by atoms with E-state index < -0.39 is 35.7 Å². The fourth-order valence-corrected chi connectivity index (χ4v) is 4.93. The summed E-state index contributed by atoms with van der Waals surface area (Å²) in [5.74, 6) is -1.38. The van der Waals surface area contributed by atoms with Gasteiger partial charge in [0.15, 0.2) is 5.69 Å². The predicted molar refractivity (Wildman–Crippen MR) is 137 cm³/mol. The number of carboxylic acids is 1. The maximum atomic E-state index is 13.6. The summed E-state index contributed by atoms with van der Waals surface area (Å²) in [6.07, 6.45) is -3.10. The third-order valence-corrected chi connectivity index (χ3v) is 6.61. The zero-order valence-corrected chi connectivity index (χ0v) is 20.1. The molecule has 3 aromatic carbocycles. The summed E-state index contributed by atoms with van der Waals surface area (Å²) in [6, 6.07) is 21.8. The molecular weight excluding hydrogens is 509 g/mol. The van der Waals surface area contributed by atoms with Gasteiger partial charge in [-0.05, 0) is 46.4 Å². The van der Waals surface area contributed by atoms with E-state index in [1.165, 1.54) is 0 Å². The van der Waals surface area contributed by atoms with Crippen molar-refractivity contribution in [3.05, 3.63) is 114 Å². The minimum absolute atomic E-state index is 0.214. The van der Waals surface area contributed by atoms with Gasteiger partial charge in [-0.25, -0.2) is 4.79 Å². The van der Waals surface area contributed by atoms with Crippen molar-refractivity contribution in [2.24, 2.45) is 0 Å². The lowest BCUT2D eigenvalue weighted by Crippen LogP contribution is -2.32. The number of carboxylic acid groups (broad SMARTS) is 1. The Kier molecular flexibility index (Phi) is 5.91. The van der Waals surface area contributed by atoms with Crippen LogP contribution in [0.25, 0.3) is 33.5 Å². The average molecular weight is 528 g/mol. The molecule has 0 saturated carbocycles. The highest BCUT2D eigenvalue weighted by molar-refractivity contribution is 6.01. The molecular formula is C30H19F3N2O4. The molecule has 2 heterocycles. The number of carbonyl (C=O) groups is 1. The van der Waals surface area contributed by atoms with Crippen molar-refractivity contribution in [2.45, 2.75) is 18.9 Å². The summed E-state index contributed by atoms with van der Waals surface area (Å²) in [6.45, 7) is 0. The summed E-state index contributed by atoms with van der Waals surface area (Å²) in [5, 5.41) is 10.3. The number of hydrogen-bond donors (Lipinski definition) is 1. The molecule has 0 saturated heterocycles. The van der Waals surface area contributed by atoms with E-state index in [1.807, 2.05) is 42.5 Å². The Balaban J connectivity index is 1.54. The normalized spacial score (nSPS) is 15.7. The van der Waals surface area contributed by atoms with E-state index in [4.69, 9.17) is 9.47 Å². The first-order valence-electron chi connectivity index (χ1n) is 12.0. The van der Waals surface area contributed by atoms with Gasteiger partial charge in [-0.15, -0.1) is 0 Å². The fraction of sp³-hybridized carbons (Fsp3) is 0.100. The molecule has 1 aromatic heterocycles. The van der Waals surface area contributed by atoms with Gasteiger partial charge in [0.05, 0.1) is 12.0 Å². The lowest BCUT2D eigenvalue weighted by atomic mass is 9.91. The van der Waals surface area contributed by atoms with Crippen LogP contribution in [0, 0.1) is 0 Å². The van der Waals surface area contributed by atoms with E-state index in [2.05, 4.69) is 9.97 Å². The highest BCUT2D eigenvalue weighted by atomic mass is 19.4. The predicted octanol–water partition coefficient (Wildman–Crippen LogP) is 6.82. The van der Waals surface area contributed by atoms with Gasteiger partial charge < -0.3 is 14.6 Å². The Morgan fingerprint density at radius 2 is 1.64 bits per heavy atom. The monoisotopic (exact) mass is 528 g/mol. The molecule has 1 aliphatic heterocycles. The number of fused-ring (bicyclic) bond motifs is 3. The molecule has 1 N–H and O–H groups in total. The topological polar surface area (TPSA) is 81.5 Å². The standard InChI is InChI=1S/C30H19F3N2O4/c31-30(32,33)23-14-7-15-38-28(23)39-29-34-25(17-8-2-1-3-9-17)24(26(35-29)27(36)37)21-13-6-12-20-19-11-5-4-10-18(19)16-22(20)21/h1-15,28H,16H2,(H,36,37). The SMILES string of the molecule is O=C(O)c1nc(OC2OC=CC=C2C(F)(F)F)nc(-c2ccccc2)c1-c1cccc2c1Cc1ccccc1-2. The Morgan fingerprint density at radius 3 is 2.41 bits per heavy atom. The number of nitrogens with zero attached hydrogens (tertiary/aromatic N) is 2. The quantitative estimate of drug-likeness (QED) is 0.270. The molecule has 9 heteroatoms. The first-order chi connectivity index (χ1) is 18.8. The van der Waals surface area contributed by atoms with Crippen molar-refractivity contribution in [2.75, 3.05) is 0 Å². The number of alkyl halides is 3. The Bertz CT molecular complexity index is 1660. The highest BCUT2D eigenvalue weighted by Crippen LogP contribution is 2.45. The number of ether oxygens (including phenoxy) is 2. The average Bonchev–Trinajstić information content (AvgIpc) is 3.32. The number of rotatable bonds is 5. The van der Waals surface area contributed by atoms with E-state index >= 15 is 0 Å². The van der Waals surface area contributed by atoms with Crippen LogP contribution in [0.4, 0.5) is 13.2 Å². The number of allylic oxidation sites excluding steroid dienone is 2. The lowest BCUT2D eigenvalue weighted by molar-refractivity contribution is -0.131. The third-order valence-electron chi connectivity index (χ3n) is 6.61. The van der Waals surface area contributed by atoms with Crippen LogP contribution in [-0.4, -0.2) is 33.5 Å². The van der Waals surface area contributed by atoms with Crippen molar-refractivity contribution >= 4 is 5.97 Å². The van der Waals surface area contributed by atoms with Crippen molar-refractivity contribution in [1.82, 2.24) is 9.97 Å². The first kappa shape index (κ1) is 24.4. The molecule has 0 amide bonds. The zero-order chi connectivity index (χ0) is 27.1. The number of hydrogen-bond acceptors (Lipinski definition) is 5. The summed E-state index contributed by atoms with van der Waals surface area (Å²) < 4.78 is 51.2. The molecule has 0 spiro atoms. The molecule has 1 aliphatic carbocycles. The Labute approximate surface area is 220 Å². The van der Waals surface area contributed by atoms with Crippen LogP contribution < -0.4 is 4.74 Å². The molecule has 0 fully saturated rings. The van der Waals surface area contributed by atoms with Crippen LogP contribution in [-0.2, 0) is 11.2 Å². The van der Waals surface area contributed by atoms with Crippen molar-refractivity contribution in [3.8, 4) is 39.5 Å².